The van der Waals surface area contributed by atoms with Gasteiger partial charge in [-0.3, -0.25) is 4.79 Å². The summed E-state index contributed by atoms with van der Waals surface area (Å²) in [5.41, 5.74) is -0.920. The van der Waals surface area contributed by atoms with Gasteiger partial charge in [0.25, 0.3) is 5.91 Å². The Morgan fingerprint density at radius 3 is 1.94 bits per heavy atom. The molecule has 1 atom stereocenters. The first-order valence-electron chi connectivity index (χ1n) is 11.2. The van der Waals surface area contributed by atoms with Crippen LogP contribution in [0.2, 0.25) is 0 Å². The molecule has 1 fully saturated rings. The van der Waals surface area contributed by atoms with Crippen molar-refractivity contribution in [2.75, 3.05) is 0 Å². The predicted molar refractivity (Wildman–Crippen MR) is 126 cm³/mol. The molecule has 0 bridgehead atoms. The number of hydrogen-bond acceptors (Lipinski definition) is 3. The molecular weight excluding hydrogens is 455 g/mol. The molecule has 180 valence electrons. The highest BCUT2D eigenvalue weighted by atomic mass is 19.4. The second-order valence-corrected chi connectivity index (χ2v) is 8.65. The molecule has 35 heavy (non-hydrogen) atoms. The van der Waals surface area contributed by atoms with Gasteiger partial charge in [-0.05, 0) is 23.6 Å². The maximum absolute atomic E-state index is 13.4. The monoisotopic (exact) mass is 479 g/mol. The number of carbonyl (C=O) groups excluding carboxylic acids is 2. The van der Waals surface area contributed by atoms with Gasteiger partial charge in [0.1, 0.15) is 0 Å². The number of amides is 2. The second-order valence-electron chi connectivity index (χ2n) is 8.65. The third-order valence-electron chi connectivity index (χ3n) is 6.09. The second kappa shape index (κ2) is 9.41. The van der Waals surface area contributed by atoms with E-state index in [9.17, 15) is 22.8 Å². The van der Waals surface area contributed by atoms with Gasteiger partial charge >= 0.3 is 12.3 Å². The Morgan fingerprint density at radius 2 is 1.43 bits per heavy atom. The SMILES string of the molecule is CC(C)C1N(C(=O)C=Cc2ccccc2C(F)(F)F)C(=O)OC1(c1ccccc1)c1ccccc1. The summed E-state index contributed by atoms with van der Waals surface area (Å²) in [7, 11) is 0. The van der Waals surface area contributed by atoms with E-state index in [1.165, 1.54) is 18.2 Å². The molecule has 0 aromatic heterocycles. The number of ether oxygens (including phenoxy) is 1. The lowest BCUT2D eigenvalue weighted by Gasteiger charge is -2.37. The zero-order valence-corrected chi connectivity index (χ0v) is 19.2. The molecule has 4 nitrogen and oxygen atoms in total. The van der Waals surface area contributed by atoms with Crippen molar-refractivity contribution in [3.05, 3.63) is 113 Å². The van der Waals surface area contributed by atoms with E-state index in [0.29, 0.717) is 11.1 Å². The lowest BCUT2D eigenvalue weighted by Crippen LogP contribution is -2.49. The number of nitrogens with zero attached hydrogens (tertiary/aromatic N) is 1. The molecule has 2 amide bonds. The van der Waals surface area contributed by atoms with Gasteiger partial charge in [-0.15, -0.1) is 0 Å². The van der Waals surface area contributed by atoms with Crippen molar-refractivity contribution in [1.82, 2.24) is 4.90 Å². The number of carbonyl (C=O) groups is 2. The van der Waals surface area contributed by atoms with E-state index in [0.717, 1.165) is 23.1 Å². The van der Waals surface area contributed by atoms with Gasteiger partial charge in [-0.1, -0.05) is 92.7 Å². The van der Waals surface area contributed by atoms with Crippen LogP contribution in [0.25, 0.3) is 6.08 Å². The average molecular weight is 479 g/mol. The fraction of sp³-hybridized carbons (Fsp3) is 0.214. The molecule has 1 heterocycles. The maximum Gasteiger partial charge on any atom is 0.418 e. The summed E-state index contributed by atoms with van der Waals surface area (Å²) in [6, 6.07) is 22.5. The van der Waals surface area contributed by atoms with E-state index in [1.54, 1.807) is 0 Å². The molecule has 1 unspecified atom stereocenters. The summed E-state index contributed by atoms with van der Waals surface area (Å²) in [6.07, 6.45) is -3.35. The van der Waals surface area contributed by atoms with Crippen molar-refractivity contribution >= 4 is 18.1 Å². The van der Waals surface area contributed by atoms with E-state index in [4.69, 9.17) is 4.74 Å². The number of rotatable bonds is 5. The largest absolute Gasteiger partial charge is 0.430 e. The predicted octanol–water partition coefficient (Wildman–Crippen LogP) is 6.67. The van der Waals surface area contributed by atoms with E-state index < -0.39 is 35.4 Å². The van der Waals surface area contributed by atoms with Crippen LogP contribution in [-0.2, 0) is 21.3 Å². The summed E-state index contributed by atoms with van der Waals surface area (Å²) in [4.78, 5) is 27.5. The van der Waals surface area contributed by atoms with Crippen molar-refractivity contribution in [1.29, 1.82) is 0 Å². The van der Waals surface area contributed by atoms with Crippen molar-refractivity contribution in [3.8, 4) is 0 Å². The molecule has 0 N–H and O–H groups in total. The molecule has 0 saturated carbocycles. The van der Waals surface area contributed by atoms with Gasteiger partial charge in [-0.25, -0.2) is 9.69 Å². The molecule has 4 rings (SSSR count). The Balaban J connectivity index is 1.79. The highest BCUT2D eigenvalue weighted by Gasteiger charge is 2.59. The third-order valence-corrected chi connectivity index (χ3v) is 6.09. The number of halogens is 3. The summed E-state index contributed by atoms with van der Waals surface area (Å²) < 4.78 is 46.1. The first-order chi connectivity index (χ1) is 16.7. The molecule has 1 aliphatic heterocycles. The van der Waals surface area contributed by atoms with Crippen LogP contribution in [0.1, 0.15) is 36.1 Å². The number of imide groups is 1. The maximum atomic E-state index is 13.4. The van der Waals surface area contributed by atoms with E-state index in [2.05, 4.69) is 0 Å². The Bertz CT molecular complexity index is 1200. The Kier molecular flexibility index (Phi) is 6.52. The van der Waals surface area contributed by atoms with Crippen molar-refractivity contribution in [2.45, 2.75) is 31.7 Å². The van der Waals surface area contributed by atoms with Gasteiger partial charge in [0, 0.05) is 17.2 Å². The molecule has 7 heteroatoms. The summed E-state index contributed by atoms with van der Waals surface area (Å²) in [5, 5.41) is 0. The number of benzene rings is 3. The van der Waals surface area contributed by atoms with Crippen LogP contribution >= 0.6 is 0 Å². The van der Waals surface area contributed by atoms with Crippen LogP contribution in [-0.4, -0.2) is 22.9 Å². The Morgan fingerprint density at radius 1 is 0.914 bits per heavy atom. The van der Waals surface area contributed by atoms with Gasteiger partial charge in [0.15, 0.2) is 5.60 Å². The Labute approximate surface area is 201 Å². The number of alkyl halides is 3. The fourth-order valence-corrected chi connectivity index (χ4v) is 4.68. The van der Waals surface area contributed by atoms with Crippen molar-refractivity contribution < 1.29 is 27.5 Å². The third kappa shape index (κ3) is 4.46. The Hall–Kier alpha value is -3.87. The van der Waals surface area contributed by atoms with Gasteiger partial charge in [-0.2, -0.15) is 13.2 Å². The van der Waals surface area contributed by atoms with Crippen LogP contribution < -0.4 is 0 Å². The zero-order valence-electron chi connectivity index (χ0n) is 19.2. The molecule has 3 aromatic carbocycles. The molecule has 3 aromatic rings. The van der Waals surface area contributed by atoms with Crippen LogP contribution in [0, 0.1) is 5.92 Å². The van der Waals surface area contributed by atoms with Crippen LogP contribution in [0.4, 0.5) is 18.0 Å². The molecule has 1 aliphatic rings. The van der Waals surface area contributed by atoms with Crippen molar-refractivity contribution in [3.63, 3.8) is 0 Å². The van der Waals surface area contributed by atoms with Gasteiger partial charge in [0.05, 0.1) is 11.6 Å². The summed E-state index contributed by atoms with van der Waals surface area (Å²) >= 11 is 0. The van der Waals surface area contributed by atoms with Gasteiger partial charge in [0.2, 0.25) is 0 Å². The normalized spacial score (nSPS) is 17.7. The van der Waals surface area contributed by atoms with Crippen LogP contribution in [0.5, 0.6) is 0 Å². The van der Waals surface area contributed by atoms with Crippen LogP contribution in [0.15, 0.2) is 91.0 Å². The zero-order chi connectivity index (χ0) is 25.2. The first kappa shape index (κ1) is 24.3. The lowest BCUT2D eigenvalue weighted by atomic mass is 9.75. The van der Waals surface area contributed by atoms with E-state index in [-0.39, 0.29) is 11.5 Å². The van der Waals surface area contributed by atoms with Crippen LogP contribution in [0.3, 0.4) is 0 Å². The minimum absolute atomic E-state index is 0.167. The first-order valence-corrected chi connectivity index (χ1v) is 11.2. The highest BCUT2D eigenvalue weighted by molar-refractivity contribution is 6.02. The van der Waals surface area contributed by atoms with Gasteiger partial charge < -0.3 is 4.74 Å². The minimum atomic E-state index is -4.58. The minimum Gasteiger partial charge on any atom is -0.430 e. The van der Waals surface area contributed by atoms with E-state index >= 15 is 0 Å². The molecule has 1 saturated heterocycles. The molecule has 0 aliphatic carbocycles. The molecular formula is C28H24F3NO3. The smallest absolute Gasteiger partial charge is 0.418 e. The summed E-state index contributed by atoms with van der Waals surface area (Å²) in [5.74, 6) is -0.985. The summed E-state index contributed by atoms with van der Waals surface area (Å²) in [6.45, 7) is 3.74. The number of hydrogen-bond donors (Lipinski definition) is 0. The molecule has 0 spiro atoms. The van der Waals surface area contributed by atoms with Crippen molar-refractivity contribution in [2.24, 2.45) is 5.92 Å². The topological polar surface area (TPSA) is 46.6 Å². The lowest BCUT2D eigenvalue weighted by molar-refractivity contribution is -0.137. The quantitative estimate of drug-likeness (QED) is 0.384. The van der Waals surface area contributed by atoms with E-state index in [1.807, 2.05) is 74.5 Å². The number of cyclic esters (lactones) is 1. The standard InChI is InChI=1S/C28H24F3NO3/c1-19(2)25-27(21-12-5-3-6-13-21,22-14-7-4-8-15-22)35-26(34)32(25)24(33)18-17-20-11-9-10-16-23(20)28(29,30)31/h3-19,25H,1-2H3. The fourth-order valence-electron chi connectivity index (χ4n) is 4.68. The average Bonchev–Trinajstić information content (AvgIpc) is 3.17. The molecule has 0 radical (unpaired) electrons. The highest BCUT2D eigenvalue weighted by Crippen LogP contribution is 2.47.